The Balaban J connectivity index is 0.00000338. The largest absolute Gasteiger partial charge is 0.493 e. The number of anilines is 1. The van der Waals surface area contributed by atoms with Gasteiger partial charge in [0.1, 0.15) is 6.61 Å². The van der Waals surface area contributed by atoms with Gasteiger partial charge in [-0.05, 0) is 54.8 Å². The van der Waals surface area contributed by atoms with Gasteiger partial charge in [-0.1, -0.05) is 18.1 Å². The molecule has 0 aliphatic rings. The molecule has 0 spiro atoms. The Labute approximate surface area is 172 Å². The predicted molar refractivity (Wildman–Crippen MR) is 118 cm³/mol. The Morgan fingerprint density at radius 1 is 1.15 bits per heavy atom. The first-order valence-corrected chi connectivity index (χ1v) is 7.90. The molecule has 0 aliphatic heterocycles. The Bertz CT molecular complexity index is 793. The fraction of sp³-hybridized carbons (Fsp3) is 0.250. The summed E-state index contributed by atoms with van der Waals surface area (Å²) in [4.78, 5) is 4.37. The van der Waals surface area contributed by atoms with E-state index in [0.29, 0.717) is 24.0 Å². The number of guanidine groups is 1. The van der Waals surface area contributed by atoms with Crippen molar-refractivity contribution in [3.05, 3.63) is 53.1 Å². The van der Waals surface area contributed by atoms with Crippen LogP contribution in [0.5, 0.6) is 11.5 Å². The number of hydrogen-bond acceptors (Lipinski definition) is 3. The second-order valence-corrected chi connectivity index (χ2v) is 5.68. The van der Waals surface area contributed by atoms with Crippen molar-refractivity contribution in [2.24, 2.45) is 10.7 Å². The summed E-state index contributed by atoms with van der Waals surface area (Å²) in [7, 11) is 1.58. The standard InChI is InChI=1S/C20H23N3O2.HI/c1-5-8-25-19-12-16(6-7-18(19)24-4)13-22-20(21)23-17-10-14(2)9-15(3)11-17;/h1,6-7,9-12H,8,13H2,2-4H3,(H3,21,22,23);1H. The third-order valence-corrected chi connectivity index (χ3v) is 3.47. The highest BCUT2D eigenvalue weighted by molar-refractivity contribution is 14.0. The molecule has 0 heterocycles. The van der Waals surface area contributed by atoms with Crippen molar-refractivity contribution in [3.63, 3.8) is 0 Å². The van der Waals surface area contributed by atoms with E-state index in [2.05, 4.69) is 22.3 Å². The number of aryl methyl sites for hydroxylation is 2. The first kappa shape index (κ1) is 21.6. The Morgan fingerprint density at radius 2 is 1.85 bits per heavy atom. The minimum absolute atomic E-state index is 0. The number of aliphatic imine (C=N–C) groups is 1. The summed E-state index contributed by atoms with van der Waals surface area (Å²) in [5.41, 5.74) is 10.2. The molecule has 138 valence electrons. The number of nitrogens with zero attached hydrogens (tertiary/aromatic N) is 1. The van der Waals surface area contributed by atoms with Gasteiger partial charge in [-0.15, -0.1) is 30.4 Å². The number of ether oxygens (including phenoxy) is 2. The van der Waals surface area contributed by atoms with Gasteiger partial charge in [-0.3, -0.25) is 0 Å². The van der Waals surface area contributed by atoms with E-state index in [1.165, 1.54) is 11.1 Å². The fourth-order valence-electron chi connectivity index (χ4n) is 2.46. The second kappa shape index (κ2) is 10.6. The average Bonchev–Trinajstić information content (AvgIpc) is 2.57. The SMILES string of the molecule is C#CCOc1cc(CN=C(N)Nc2cc(C)cc(C)c2)ccc1OC.I. The lowest BCUT2D eigenvalue weighted by Crippen LogP contribution is -2.22. The predicted octanol–water partition coefficient (Wildman–Crippen LogP) is 3.87. The van der Waals surface area contributed by atoms with Gasteiger partial charge in [0.05, 0.1) is 13.7 Å². The van der Waals surface area contributed by atoms with Crippen molar-refractivity contribution < 1.29 is 9.47 Å². The van der Waals surface area contributed by atoms with Crippen LogP contribution in [0.4, 0.5) is 5.69 Å². The molecule has 26 heavy (non-hydrogen) atoms. The van der Waals surface area contributed by atoms with Crippen LogP contribution >= 0.6 is 24.0 Å². The van der Waals surface area contributed by atoms with Crippen LogP contribution in [0, 0.1) is 26.2 Å². The van der Waals surface area contributed by atoms with Gasteiger partial charge in [0.15, 0.2) is 17.5 Å². The summed E-state index contributed by atoms with van der Waals surface area (Å²) in [5, 5.41) is 3.11. The Hall–Kier alpha value is -2.40. The second-order valence-electron chi connectivity index (χ2n) is 5.68. The molecule has 5 nitrogen and oxygen atoms in total. The average molecular weight is 465 g/mol. The number of halogens is 1. The summed E-state index contributed by atoms with van der Waals surface area (Å²) in [5.74, 6) is 4.01. The van der Waals surface area contributed by atoms with Crippen LogP contribution in [-0.4, -0.2) is 19.7 Å². The third-order valence-electron chi connectivity index (χ3n) is 3.47. The van der Waals surface area contributed by atoms with Crippen molar-refractivity contribution in [2.75, 3.05) is 19.0 Å². The normalized spacial score (nSPS) is 10.5. The van der Waals surface area contributed by atoms with E-state index in [0.717, 1.165) is 11.3 Å². The molecule has 6 heteroatoms. The number of hydrogen-bond donors (Lipinski definition) is 2. The molecule has 0 saturated heterocycles. The van der Waals surface area contributed by atoms with E-state index in [4.69, 9.17) is 21.6 Å². The quantitative estimate of drug-likeness (QED) is 0.294. The highest BCUT2D eigenvalue weighted by atomic mass is 127. The molecule has 0 radical (unpaired) electrons. The van der Waals surface area contributed by atoms with Gasteiger partial charge in [0.25, 0.3) is 0 Å². The highest BCUT2D eigenvalue weighted by Crippen LogP contribution is 2.28. The van der Waals surface area contributed by atoms with Crippen LogP contribution in [0.25, 0.3) is 0 Å². The summed E-state index contributed by atoms with van der Waals surface area (Å²) >= 11 is 0. The maximum atomic E-state index is 5.98. The lowest BCUT2D eigenvalue weighted by atomic mass is 10.1. The van der Waals surface area contributed by atoms with Gasteiger partial charge in [0, 0.05) is 5.69 Å². The first-order valence-electron chi connectivity index (χ1n) is 7.90. The van der Waals surface area contributed by atoms with Crippen molar-refractivity contribution in [2.45, 2.75) is 20.4 Å². The molecule has 0 aromatic heterocycles. The van der Waals surface area contributed by atoms with Crippen LogP contribution in [0.1, 0.15) is 16.7 Å². The monoisotopic (exact) mass is 465 g/mol. The molecule has 0 saturated carbocycles. The fourth-order valence-corrected chi connectivity index (χ4v) is 2.46. The zero-order valence-corrected chi connectivity index (χ0v) is 17.5. The van der Waals surface area contributed by atoms with Gasteiger partial charge >= 0.3 is 0 Å². The molecule has 0 amide bonds. The summed E-state index contributed by atoms with van der Waals surface area (Å²) < 4.78 is 10.7. The zero-order chi connectivity index (χ0) is 18.2. The van der Waals surface area contributed by atoms with E-state index in [1.807, 2.05) is 44.2 Å². The molecule has 2 aromatic rings. The molecule has 2 rings (SSSR count). The van der Waals surface area contributed by atoms with Crippen LogP contribution in [0.15, 0.2) is 41.4 Å². The van der Waals surface area contributed by atoms with E-state index in [1.54, 1.807) is 7.11 Å². The Morgan fingerprint density at radius 3 is 2.46 bits per heavy atom. The van der Waals surface area contributed by atoms with E-state index < -0.39 is 0 Å². The van der Waals surface area contributed by atoms with Gasteiger partial charge in [-0.25, -0.2) is 4.99 Å². The number of rotatable bonds is 6. The molecule has 2 aromatic carbocycles. The van der Waals surface area contributed by atoms with Gasteiger partial charge < -0.3 is 20.5 Å². The van der Waals surface area contributed by atoms with Crippen LogP contribution in [-0.2, 0) is 6.54 Å². The number of nitrogens with one attached hydrogen (secondary N) is 1. The lowest BCUT2D eigenvalue weighted by Gasteiger charge is -2.11. The van der Waals surface area contributed by atoms with Crippen LogP contribution in [0.2, 0.25) is 0 Å². The molecular weight excluding hydrogens is 441 g/mol. The number of methoxy groups -OCH3 is 1. The van der Waals surface area contributed by atoms with Crippen molar-refractivity contribution in [1.82, 2.24) is 0 Å². The summed E-state index contributed by atoms with van der Waals surface area (Å²) in [6.45, 7) is 4.68. The molecule has 0 aliphatic carbocycles. The van der Waals surface area contributed by atoms with Crippen LogP contribution < -0.4 is 20.5 Å². The highest BCUT2D eigenvalue weighted by Gasteiger charge is 2.05. The minimum atomic E-state index is 0. The molecule has 0 unspecified atom stereocenters. The van der Waals surface area contributed by atoms with Crippen LogP contribution in [0.3, 0.4) is 0 Å². The Kier molecular flexibility index (Phi) is 8.79. The maximum Gasteiger partial charge on any atom is 0.193 e. The molecule has 3 N–H and O–H groups in total. The number of terminal acetylenes is 1. The molecule has 0 fully saturated rings. The van der Waals surface area contributed by atoms with Crippen molar-refractivity contribution in [1.29, 1.82) is 0 Å². The van der Waals surface area contributed by atoms with E-state index >= 15 is 0 Å². The first-order chi connectivity index (χ1) is 12.0. The van der Waals surface area contributed by atoms with E-state index in [-0.39, 0.29) is 30.6 Å². The number of nitrogens with two attached hydrogens (primary N) is 1. The van der Waals surface area contributed by atoms with E-state index in [9.17, 15) is 0 Å². The van der Waals surface area contributed by atoms with Gasteiger partial charge in [0.2, 0.25) is 0 Å². The maximum absolute atomic E-state index is 5.98. The smallest absolute Gasteiger partial charge is 0.193 e. The topological polar surface area (TPSA) is 68.9 Å². The third kappa shape index (κ3) is 6.48. The minimum Gasteiger partial charge on any atom is -0.493 e. The summed E-state index contributed by atoms with van der Waals surface area (Å²) in [6, 6.07) is 11.7. The molecular formula is C20H24IN3O2. The van der Waals surface area contributed by atoms with Crippen molar-refractivity contribution >= 4 is 35.6 Å². The molecule has 0 atom stereocenters. The molecule has 0 bridgehead atoms. The number of benzene rings is 2. The van der Waals surface area contributed by atoms with Gasteiger partial charge in [-0.2, -0.15) is 0 Å². The lowest BCUT2D eigenvalue weighted by molar-refractivity contribution is 0.330. The zero-order valence-electron chi connectivity index (χ0n) is 15.2. The summed E-state index contributed by atoms with van der Waals surface area (Å²) in [6.07, 6.45) is 5.24. The van der Waals surface area contributed by atoms with Crippen molar-refractivity contribution in [3.8, 4) is 23.8 Å².